The maximum Gasteiger partial charge on any atom is 0.161 e. The highest BCUT2D eigenvalue weighted by molar-refractivity contribution is 5.72. The maximum atomic E-state index is 5.85. The molecule has 2 heteroatoms. The first-order valence-electron chi connectivity index (χ1n) is 11.0. The lowest BCUT2D eigenvalue weighted by Gasteiger charge is -2.36. The van der Waals surface area contributed by atoms with Gasteiger partial charge in [0.1, 0.15) is 13.2 Å². The summed E-state index contributed by atoms with van der Waals surface area (Å²) in [5.41, 5.74) is 8.68. The van der Waals surface area contributed by atoms with Gasteiger partial charge in [0.05, 0.1) is 0 Å². The zero-order chi connectivity index (χ0) is 20.1. The van der Waals surface area contributed by atoms with Gasteiger partial charge in [-0.25, -0.2) is 0 Å². The van der Waals surface area contributed by atoms with Crippen LogP contribution in [0.4, 0.5) is 0 Å². The average Bonchev–Trinajstić information content (AvgIpc) is 3.24. The summed E-state index contributed by atoms with van der Waals surface area (Å²) in [5, 5.41) is 0. The van der Waals surface area contributed by atoms with Gasteiger partial charge in [0.25, 0.3) is 0 Å². The fraction of sp³-hybridized carbons (Fsp3) is 0.286. The van der Waals surface area contributed by atoms with Crippen LogP contribution in [0.2, 0.25) is 0 Å². The van der Waals surface area contributed by atoms with Crippen LogP contribution in [0.25, 0.3) is 5.57 Å². The molecule has 2 nitrogen and oxygen atoms in total. The minimum atomic E-state index is 0.529. The van der Waals surface area contributed by atoms with Crippen molar-refractivity contribution in [3.05, 3.63) is 101 Å². The summed E-state index contributed by atoms with van der Waals surface area (Å²) in [6.45, 7) is 3.52. The molecule has 2 aliphatic carbocycles. The van der Waals surface area contributed by atoms with E-state index in [2.05, 4.69) is 79.7 Å². The second-order valence-corrected chi connectivity index (χ2v) is 8.80. The van der Waals surface area contributed by atoms with Crippen LogP contribution in [0.1, 0.15) is 46.1 Å². The van der Waals surface area contributed by atoms with Gasteiger partial charge in [-0.1, -0.05) is 60.7 Å². The second kappa shape index (κ2) is 7.05. The van der Waals surface area contributed by atoms with Crippen molar-refractivity contribution >= 4 is 5.57 Å². The molecule has 30 heavy (non-hydrogen) atoms. The number of allylic oxidation sites excluding steroid dienone is 2. The highest BCUT2D eigenvalue weighted by atomic mass is 16.6. The van der Waals surface area contributed by atoms with Gasteiger partial charge in [-0.3, -0.25) is 0 Å². The summed E-state index contributed by atoms with van der Waals surface area (Å²) < 4.78 is 11.6. The van der Waals surface area contributed by atoms with E-state index in [0.717, 1.165) is 24.3 Å². The van der Waals surface area contributed by atoms with E-state index in [9.17, 15) is 0 Å². The van der Waals surface area contributed by atoms with E-state index in [1.54, 1.807) is 0 Å². The Kier molecular flexibility index (Phi) is 4.19. The molecule has 0 radical (unpaired) electrons. The van der Waals surface area contributed by atoms with Crippen LogP contribution in [0, 0.1) is 12.8 Å². The topological polar surface area (TPSA) is 18.5 Å². The number of benzene rings is 3. The molecule has 0 saturated carbocycles. The molecule has 1 heterocycles. The molecule has 0 aromatic heterocycles. The Morgan fingerprint density at radius 3 is 2.33 bits per heavy atom. The van der Waals surface area contributed by atoms with Crippen molar-refractivity contribution in [1.29, 1.82) is 0 Å². The smallest absolute Gasteiger partial charge is 0.161 e. The molecule has 0 fully saturated rings. The van der Waals surface area contributed by atoms with E-state index in [-0.39, 0.29) is 0 Å². The number of fused-ring (bicyclic) bond motifs is 4. The molecule has 3 unspecified atom stereocenters. The van der Waals surface area contributed by atoms with Gasteiger partial charge in [0, 0.05) is 0 Å². The van der Waals surface area contributed by atoms with E-state index in [1.165, 1.54) is 33.4 Å². The zero-order valence-electron chi connectivity index (χ0n) is 17.3. The third-order valence-electron chi connectivity index (χ3n) is 7.16. The van der Waals surface area contributed by atoms with Crippen molar-refractivity contribution < 1.29 is 9.47 Å². The number of ether oxygens (including phenoxy) is 2. The Morgan fingerprint density at radius 2 is 1.47 bits per heavy atom. The predicted molar refractivity (Wildman–Crippen MR) is 120 cm³/mol. The average molecular weight is 395 g/mol. The van der Waals surface area contributed by atoms with E-state index < -0.39 is 0 Å². The number of rotatable bonds is 2. The van der Waals surface area contributed by atoms with Crippen molar-refractivity contribution in [1.82, 2.24) is 0 Å². The molecule has 0 saturated heterocycles. The van der Waals surface area contributed by atoms with Crippen LogP contribution in [0.3, 0.4) is 0 Å². The molecule has 0 N–H and O–H groups in total. The quantitative estimate of drug-likeness (QED) is 0.508. The molecular weight excluding hydrogens is 368 g/mol. The maximum absolute atomic E-state index is 5.85. The third-order valence-corrected chi connectivity index (χ3v) is 7.16. The standard InChI is InChI=1S/C28H26O2/c1-18-6-2-4-8-22(18)24-14-20-7-3-5-9-23(20)25-15-21(16-26(24)25)19-10-11-27-28(17-19)30-13-12-29-27/h2-11,16-17,24-26H,12-15H2,1H3. The van der Waals surface area contributed by atoms with Crippen molar-refractivity contribution in [2.75, 3.05) is 13.2 Å². The lowest BCUT2D eigenvalue weighted by atomic mass is 9.67. The molecule has 0 amide bonds. The minimum absolute atomic E-state index is 0.529. The fourth-order valence-corrected chi connectivity index (χ4v) is 5.74. The zero-order valence-corrected chi connectivity index (χ0v) is 17.3. The van der Waals surface area contributed by atoms with Crippen molar-refractivity contribution in [3.8, 4) is 11.5 Å². The highest BCUT2D eigenvalue weighted by Crippen LogP contribution is 2.54. The van der Waals surface area contributed by atoms with Gasteiger partial charge >= 0.3 is 0 Å². The molecule has 150 valence electrons. The van der Waals surface area contributed by atoms with Crippen LogP contribution >= 0.6 is 0 Å². The molecule has 3 aliphatic rings. The first-order chi connectivity index (χ1) is 14.8. The van der Waals surface area contributed by atoms with Crippen molar-refractivity contribution in [2.45, 2.75) is 31.6 Å². The second-order valence-electron chi connectivity index (χ2n) is 8.80. The summed E-state index contributed by atoms with van der Waals surface area (Å²) in [4.78, 5) is 0. The summed E-state index contributed by atoms with van der Waals surface area (Å²) in [6.07, 6.45) is 4.76. The van der Waals surface area contributed by atoms with Crippen molar-refractivity contribution in [2.24, 2.45) is 5.92 Å². The summed E-state index contributed by atoms with van der Waals surface area (Å²) in [7, 11) is 0. The number of hydrogen-bond donors (Lipinski definition) is 0. The third kappa shape index (κ3) is 2.86. The number of aryl methyl sites for hydroxylation is 1. The van der Waals surface area contributed by atoms with Crippen LogP contribution in [-0.2, 0) is 6.42 Å². The van der Waals surface area contributed by atoms with E-state index >= 15 is 0 Å². The number of hydrogen-bond acceptors (Lipinski definition) is 2. The van der Waals surface area contributed by atoms with Gasteiger partial charge < -0.3 is 9.47 Å². The van der Waals surface area contributed by atoms with Crippen LogP contribution < -0.4 is 9.47 Å². The summed E-state index contributed by atoms with van der Waals surface area (Å²) in [6, 6.07) is 24.4. The Balaban J connectivity index is 1.43. The van der Waals surface area contributed by atoms with Gasteiger partial charge in [-0.05, 0) is 83.0 Å². The van der Waals surface area contributed by atoms with Gasteiger partial charge in [-0.2, -0.15) is 0 Å². The monoisotopic (exact) mass is 394 g/mol. The van der Waals surface area contributed by atoms with Gasteiger partial charge in [-0.15, -0.1) is 0 Å². The molecular formula is C28H26O2. The van der Waals surface area contributed by atoms with E-state index in [4.69, 9.17) is 9.47 Å². The van der Waals surface area contributed by atoms with Crippen LogP contribution in [0.15, 0.2) is 72.8 Å². The first kappa shape index (κ1) is 17.8. The molecule has 6 rings (SSSR count). The molecule has 3 aromatic carbocycles. The van der Waals surface area contributed by atoms with Crippen LogP contribution in [-0.4, -0.2) is 13.2 Å². The minimum Gasteiger partial charge on any atom is -0.486 e. The molecule has 0 spiro atoms. The van der Waals surface area contributed by atoms with Gasteiger partial charge in [0.15, 0.2) is 11.5 Å². The van der Waals surface area contributed by atoms with Gasteiger partial charge in [0.2, 0.25) is 0 Å². The Labute approximate surface area is 178 Å². The molecule has 1 aliphatic heterocycles. The lowest BCUT2D eigenvalue weighted by Crippen LogP contribution is -2.25. The van der Waals surface area contributed by atoms with Crippen molar-refractivity contribution in [3.63, 3.8) is 0 Å². The lowest BCUT2D eigenvalue weighted by molar-refractivity contribution is 0.171. The largest absolute Gasteiger partial charge is 0.486 e. The molecule has 3 aromatic rings. The highest BCUT2D eigenvalue weighted by Gasteiger charge is 2.40. The summed E-state index contributed by atoms with van der Waals surface area (Å²) in [5.74, 6) is 3.35. The normalized spacial score (nSPS) is 24.0. The predicted octanol–water partition coefficient (Wildman–Crippen LogP) is 6.29. The molecule has 3 atom stereocenters. The first-order valence-corrected chi connectivity index (χ1v) is 11.0. The fourth-order valence-electron chi connectivity index (χ4n) is 5.74. The Morgan fingerprint density at radius 1 is 0.733 bits per heavy atom. The van der Waals surface area contributed by atoms with Crippen LogP contribution in [0.5, 0.6) is 11.5 Å². The Bertz CT molecular complexity index is 1140. The molecule has 0 bridgehead atoms. The van der Waals surface area contributed by atoms with E-state index in [0.29, 0.717) is 31.0 Å². The Hall–Kier alpha value is -3.00. The SMILES string of the molecule is Cc1ccccc1C1Cc2ccccc2C2CC(c3ccc4c(c3)OCCO4)=CC12. The summed E-state index contributed by atoms with van der Waals surface area (Å²) >= 11 is 0. The van der Waals surface area contributed by atoms with E-state index in [1.807, 2.05) is 0 Å².